The van der Waals surface area contributed by atoms with Crippen molar-refractivity contribution in [2.75, 3.05) is 40.9 Å². The van der Waals surface area contributed by atoms with Gasteiger partial charge in [-0.25, -0.2) is 0 Å². The highest BCUT2D eigenvalue weighted by molar-refractivity contribution is 6.46. The molecule has 1 N–H and O–H groups in total. The van der Waals surface area contributed by atoms with Gasteiger partial charge in [0.25, 0.3) is 11.7 Å². The Morgan fingerprint density at radius 2 is 1.88 bits per heavy atom. The van der Waals surface area contributed by atoms with Gasteiger partial charge in [0.1, 0.15) is 17.3 Å². The van der Waals surface area contributed by atoms with Gasteiger partial charge in [0.05, 0.1) is 25.3 Å². The summed E-state index contributed by atoms with van der Waals surface area (Å²) in [4.78, 5) is 29.7. The minimum atomic E-state index is -0.751. The number of aliphatic hydroxyl groups excluding tert-OH is 1. The molecule has 2 aromatic carbocycles. The lowest BCUT2D eigenvalue weighted by molar-refractivity contribution is -0.140. The summed E-state index contributed by atoms with van der Waals surface area (Å²) in [5.74, 6) is -0.311. The first-order valence-corrected chi connectivity index (χ1v) is 10.6. The number of amides is 1. The monoisotopic (exact) mass is 438 g/mol. The Morgan fingerprint density at radius 1 is 1.16 bits per heavy atom. The van der Waals surface area contributed by atoms with Gasteiger partial charge < -0.3 is 24.4 Å². The Bertz CT molecular complexity index is 1040. The highest BCUT2D eigenvalue weighted by Crippen LogP contribution is 2.43. The fourth-order valence-corrected chi connectivity index (χ4v) is 3.91. The largest absolute Gasteiger partial charge is 0.507 e. The molecule has 1 saturated heterocycles. The number of carbonyl (C=O) groups excluding carboxylic acids is 2. The number of hydrogen-bond acceptors (Lipinski definition) is 6. The van der Waals surface area contributed by atoms with Crippen LogP contribution in [0.15, 0.2) is 48.0 Å². The minimum absolute atomic E-state index is 0.0641. The quantitative estimate of drug-likeness (QED) is 0.387. The molecule has 0 unspecified atom stereocenters. The van der Waals surface area contributed by atoms with Gasteiger partial charge in [-0.05, 0) is 57.8 Å². The molecule has 170 valence electrons. The predicted octanol–water partition coefficient (Wildman–Crippen LogP) is 3.39. The highest BCUT2D eigenvalue weighted by Gasteiger charge is 2.47. The maximum Gasteiger partial charge on any atom is 0.295 e. The van der Waals surface area contributed by atoms with Crippen LogP contribution in [-0.2, 0) is 9.59 Å². The number of aryl methyl sites for hydroxylation is 1. The van der Waals surface area contributed by atoms with Crippen LogP contribution in [0.5, 0.6) is 11.5 Å². The van der Waals surface area contributed by atoms with Crippen molar-refractivity contribution in [1.29, 1.82) is 0 Å². The maximum absolute atomic E-state index is 13.2. The third-order valence-electron chi connectivity index (χ3n) is 5.53. The second-order valence-corrected chi connectivity index (χ2v) is 7.95. The summed E-state index contributed by atoms with van der Waals surface area (Å²) in [6.07, 6.45) is 0. The summed E-state index contributed by atoms with van der Waals surface area (Å²) in [5.41, 5.74) is 1.95. The Balaban J connectivity index is 2.21. The number of aliphatic hydroxyl groups is 1. The van der Waals surface area contributed by atoms with Gasteiger partial charge in [0, 0.05) is 24.2 Å². The summed E-state index contributed by atoms with van der Waals surface area (Å²) in [5, 5.41) is 11.3. The molecule has 1 heterocycles. The molecule has 7 heteroatoms. The van der Waals surface area contributed by atoms with E-state index in [4.69, 9.17) is 9.47 Å². The summed E-state index contributed by atoms with van der Waals surface area (Å²) in [6.45, 7) is 5.04. The molecule has 0 radical (unpaired) electrons. The van der Waals surface area contributed by atoms with E-state index in [1.54, 1.807) is 25.3 Å². The van der Waals surface area contributed by atoms with Gasteiger partial charge in [0.15, 0.2) is 0 Å². The smallest absolute Gasteiger partial charge is 0.295 e. The second-order valence-electron chi connectivity index (χ2n) is 7.95. The van der Waals surface area contributed by atoms with E-state index in [0.717, 1.165) is 5.56 Å². The van der Waals surface area contributed by atoms with E-state index in [1.807, 2.05) is 57.1 Å². The molecule has 3 rings (SSSR count). The van der Waals surface area contributed by atoms with Crippen molar-refractivity contribution in [2.24, 2.45) is 0 Å². The molecule has 2 aromatic rings. The van der Waals surface area contributed by atoms with Crippen molar-refractivity contribution in [3.8, 4) is 11.5 Å². The van der Waals surface area contributed by atoms with Crippen LogP contribution < -0.4 is 9.47 Å². The number of rotatable bonds is 8. The van der Waals surface area contributed by atoms with Gasteiger partial charge in [-0.2, -0.15) is 0 Å². The highest BCUT2D eigenvalue weighted by atomic mass is 16.5. The Kier molecular flexibility index (Phi) is 7.20. The van der Waals surface area contributed by atoms with Crippen LogP contribution in [-0.4, -0.2) is 67.5 Å². The molecular weight excluding hydrogens is 408 g/mol. The molecule has 1 fully saturated rings. The van der Waals surface area contributed by atoms with E-state index in [9.17, 15) is 14.7 Å². The van der Waals surface area contributed by atoms with E-state index >= 15 is 0 Å². The number of ketones is 1. The molecule has 1 aliphatic rings. The van der Waals surface area contributed by atoms with Gasteiger partial charge in [0.2, 0.25) is 0 Å². The topological polar surface area (TPSA) is 79.3 Å². The van der Waals surface area contributed by atoms with Crippen LogP contribution in [0, 0.1) is 6.92 Å². The number of benzene rings is 2. The van der Waals surface area contributed by atoms with E-state index in [1.165, 1.54) is 4.90 Å². The van der Waals surface area contributed by atoms with Crippen LogP contribution in [0.4, 0.5) is 0 Å². The number of methoxy groups -OCH3 is 1. The summed E-state index contributed by atoms with van der Waals surface area (Å²) in [7, 11) is 5.37. The van der Waals surface area contributed by atoms with Crippen LogP contribution in [0.2, 0.25) is 0 Å². The number of carbonyl (C=O) groups is 2. The first-order chi connectivity index (χ1) is 15.3. The van der Waals surface area contributed by atoms with Crippen molar-refractivity contribution in [3.63, 3.8) is 0 Å². The van der Waals surface area contributed by atoms with E-state index in [2.05, 4.69) is 0 Å². The zero-order valence-corrected chi connectivity index (χ0v) is 19.2. The van der Waals surface area contributed by atoms with E-state index in [-0.39, 0.29) is 11.3 Å². The van der Waals surface area contributed by atoms with Crippen LogP contribution in [0.1, 0.15) is 29.7 Å². The summed E-state index contributed by atoms with van der Waals surface area (Å²) in [6, 6.07) is 11.8. The van der Waals surface area contributed by atoms with Crippen LogP contribution in [0.3, 0.4) is 0 Å². The lowest BCUT2D eigenvalue weighted by Gasteiger charge is -2.28. The molecule has 32 heavy (non-hydrogen) atoms. The molecule has 0 spiro atoms. The van der Waals surface area contributed by atoms with Crippen molar-refractivity contribution < 1.29 is 24.2 Å². The number of likely N-dealkylation sites (N-methyl/N-ethyl adjacent to an activating group) is 1. The van der Waals surface area contributed by atoms with Crippen molar-refractivity contribution >= 4 is 17.4 Å². The van der Waals surface area contributed by atoms with Crippen molar-refractivity contribution in [2.45, 2.75) is 19.9 Å². The molecule has 0 aromatic heterocycles. The minimum Gasteiger partial charge on any atom is -0.507 e. The second kappa shape index (κ2) is 9.87. The lowest BCUT2D eigenvalue weighted by atomic mass is 9.93. The van der Waals surface area contributed by atoms with Gasteiger partial charge in [-0.3, -0.25) is 9.59 Å². The molecule has 1 atom stereocenters. The molecule has 7 nitrogen and oxygen atoms in total. The van der Waals surface area contributed by atoms with Gasteiger partial charge >= 0.3 is 0 Å². The number of nitrogens with zero attached hydrogens (tertiary/aromatic N) is 2. The SMILES string of the molecule is CCOc1ccccc1[C@@H]1C(=C(O)c2ccc(OC)cc2C)C(=O)C(=O)N1CCN(C)C. The molecule has 1 aliphatic heterocycles. The van der Waals surface area contributed by atoms with Gasteiger partial charge in [-0.1, -0.05) is 18.2 Å². The Hall–Kier alpha value is -3.32. The predicted molar refractivity (Wildman–Crippen MR) is 123 cm³/mol. The number of para-hydroxylation sites is 1. The van der Waals surface area contributed by atoms with Crippen molar-refractivity contribution in [3.05, 3.63) is 64.7 Å². The molecule has 0 bridgehead atoms. The maximum atomic E-state index is 13.2. The lowest BCUT2D eigenvalue weighted by Crippen LogP contribution is -2.35. The van der Waals surface area contributed by atoms with Crippen LogP contribution in [0.25, 0.3) is 5.76 Å². The van der Waals surface area contributed by atoms with Gasteiger partial charge in [-0.15, -0.1) is 0 Å². The fraction of sp³-hybridized carbons (Fsp3) is 0.360. The van der Waals surface area contributed by atoms with Crippen molar-refractivity contribution in [1.82, 2.24) is 9.80 Å². The first-order valence-electron chi connectivity index (χ1n) is 10.6. The van der Waals surface area contributed by atoms with E-state index < -0.39 is 17.7 Å². The summed E-state index contributed by atoms with van der Waals surface area (Å²) < 4.78 is 11.1. The molecular formula is C25H30N2O5. The average molecular weight is 439 g/mol. The Labute approximate surface area is 188 Å². The third-order valence-corrected chi connectivity index (χ3v) is 5.53. The number of likely N-dealkylation sites (tertiary alicyclic amines) is 1. The average Bonchev–Trinajstić information content (AvgIpc) is 3.02. The summed E-state index contributed by atoms with van der Waals surface area (Å²) >= 11 is 0. The molecule has 1 amide bonds. The van der Waals surface area contributed by atoms with Crippen LogP contribution >= 0.6 is 0 Å². The van der Waals surface area contributed by atoms with E-state index in [0.29, 0.717) is 42.3 Å². The number of Topliss-reactive ketones (excluding diaryl/α,β-unsaturated/α-hetero) is 1. The Morgan fingerprint density at radius 3 is 2.50 bits per heavy atom. The zero-order chi connectivity index (χ0) is 23.4. The zero-order valence-electron chi connectivity index (χ0n) is 19.2. The number of ether oxygens (including phenoxy) is 2. The fourth-order valence-electron chi connectivity index (χ4n) is 3.91. The third kappa shape index (κ3) is 4.48. The normalized spacial score (nSPS) is 17.8. The molecule has 0 aliphatic carbocycles. The standard InChI is InChI=1S/C25H30N2O5/c1-6-32-20-10-8-7-9-19(20)22-21(24(29)25(30)27(22)14-13-26(3)4)23(28)18-12-11-17(31-5)15-16(18)2/h7-12,15,22,28H,6,13-14H2,1-5H3/t22-/m1/s1. The number of hydrogen-bond donors (Lipinski definition) is 1. The first kappa shape index (κ1) is 23.3. The molecule has 0 saturated carbocycles.